The van der Waals surface area contributed by atoms with Gasteiger partial charge in [-0.2, -0.15) is 11.8 Å². The molecule has 2 heteroatoms. The van der Waals surface area contributed by atoms with E-state index in [9.17, 15) is 4.79 Å². The van der Waals surface area contributed by atoms with Crippen LogP contribution < -0.4 is 0 Å². The van der Waals surface area contributed by atoms with E-state index in [1.54, 1.807) is 0 Å². The first-order valence-corrected chi connectivity index (χ1v) is 8.14. The normalized spacial score (nSPS) is 19.1. The highest BCUT2D eigenvalue weighted by atomic mass is 32.2. The van der Waals surface area contributed by atoms with Crippen LogP contribution in [0, 0.1) is 0 Å². The molecule has 0 atom stereocenters. The molecule has 0 unspecified atom stereocenters. The Balaban J connectivity index is 1.61. The molecule has 0 spiro atoms. The SMILES string of the molecule is O=C(CSC1CCCC1)c1ccc2c(c1)CCC2. The second kappa shape index (κ2) is 5.48. The van der Waals surface area contributed by atoms with Crippen LogP contribution in [-0.2, 0) is 12.8 Å². The standard InChI is InChI=1S/C16H20OS/c17-16(11-18-15-6-1-2-7-15)14-9-8-12-4-3-5-13(12)10-14/h8-10,15H,1-7,11H2. The van der Waals surface area contributed by atoms with E-state index < -0.39 is 0 Å². The highest BCUT2D eigenvalue weighted by molar-refractivity contribution is 8.00. The first kappa shape index (κ1) is 12.3. The molecule has 1 nitrogen and oxygen atoms in total. The lowest BCUT2D eigenvalue weighted by Crippen LogP contribution is -2.07. The number of rotatable bonds is 4. The quantitative estimate of drug-likeness (QED) is 0.760. The topological polar surface area (TPSA) is 17.1 Å². The van der Waals surface area contributed by atoms with Crippen LogP contribution in [0.3, 0.4) is 0 Å². The summed E-state index contributed by atoms with van der Waals surface area (Å²) in [6, 6.07) is 6.33. The number of ketones is 1. The summed E-state index contributed by atoms with van der Waals surface area (Å²) in [5, 5.41) is 0.739. The summed E-state index contributed by atoms with van der Waals surface area (Å²) in [6.45, 7) is 0. The maximum absolute atomic E-state index is 12.2. The molecule has 0 aromatic heterocycles. The van der Waals surface area contributed by atoms with Gasteiger partial charge in [0.2, 0.25) is 0 Å². The number of carbonyl (C=O) groups is 1. The van der Waals surface area contributed by atoms with Crippen molar-refractivity contribution in [3.63, 3.8) is 0 Å². The van der Waals surface area contributed by atoms with E-state index in [-0.39, 0.29) is 0 Å². The lowest BCUT2D eigenvalue weighted by atomic mass is 10.0. The minimum atomic E-state index is 0.321. The van der Waals surface area contributed by atoms with E-state index >= 15 is 0 Å². The molecule has 0 aliphatic heterocycles. The van der Waals surface area contributed by atoms with Gasteiger partial charge in [-0.15, -0.1) is 0 Å². The Morgan fingerprint density at radius 3 is 2.72 bits per heavy atom. The van der Waals surface area contributed by atoms with Crippen molar-refractivity contribution in [2.45, 2.75) is 50.2 Å². The Kier molecular flexibility index (Phi) is 3.74. The number of fused-ring (bicyclic) bond motifs is 1. The maximum Gasteiger partial charge on any atom is 0.172 e. The van der Waals surface area contributed by atoms with Crippen molar-refractivity contribution >= 4 is 17.5 Å². The van der Waals surface area contributed by atoms with Crippen molar-refractivity contribution in [1.29, 1.82) is 0 Å². The molecular formula is C16H20OS. The van der Waals surface area contributed by atoms with Gasteiger partial charge in [0.05, 0.1) is 5.75 Å². The molecule has 0 amide bonds. The molecule has 1 saturated carbocycles. The highest BCUT2D eigenvalue weighted by Gasteiger charge is 2.18. The van der Waals surface area contributed by atoms with Gasteiger partial charge >= 0.3 is 0 Å². The number of benzene rings is 1. The zero-order valence-corrected chi connectivity index (χ0v) is 11.6. The summed E-state index contributed by atoms with van der Waals surface area (Å²) in [6.07, 6.45) is 8.93. The molecule has 1 fully saturated rings. The molecule has 1 aromatic carbocycles. The Hall–Kier alpha value is -0.760. The van der Waals surface area contributed by atoms with E-state index in [1.807, 2.05) is 17.8 Å². The number of hydrogen-bond donors (Lipinski definition) is 0. The third-order valence-corrected chi connectivity index (χ3v) is 5.54. The van der Waals surface area contributed by atoms with Gasteiger partial charge in [-0.25, -0.2) is 0 Å². The smallest absolute Gasteiger partial charge is 0.172 e. The fraction of sp³-hybridized carbons (Fsp3) is 0.562. The molecule has 0 radical (unpaired) electrons. The second-order valence-electron chi connectivity index (χ2n) is 5.48. The predicted octanol–water partition coefficient (Wildman–Crippen LogP) is 4.03. The average molecular weight is 260 g/mol. The summed E-state index contributed by atoms with van der Waals surface area (Å²) < 4.78 is 0. The number of aryl methyl sites for hydroxylation is 2. The van der Waals surface area contributed by atoms with Crippen molar-refractivity contribution < 1.29 is 4.79 Å². The summed E-state index contributed by atoms with van der Waals surface area (Å²) in [7, 11) is 0. The van der Waals surface area contributed by atoms with E-state index in [4.69, 9.17) is 0 Å². The fourth-order valence-electron chi connectivity index (χ4n) is 3.08. The second-order valence-corrected chi connectivity index (χ2v) is 6.77. The molecule has 96 valence electrons. The molecule has 3 rings (SSSR count). The van der Waals surface area contributed by atoms with Crippen LogP contribution in [-0.4, -0.2) is 16.8 Å². The maximum atomic E-state index is 12.2. The summed E-state index contributed by atoms with van der Waals surface area (Å²) in [4.78, 5) is 12.2. The average Bonchev–Trinajstić information content (AvgIpc) is 3.05. The zero-order chi connectivity index (χ0) is 12.4. The number of thioether (sulfide) groups is 1. The van der Waals surface area contributed by atoms with Crippen molar-refractivity contribution in [3.8, 4) is 0 Å². The minimum Gasteiger partial charge on any atom is -0.293 e. The number of hydrogen-bond acceptors (Lipinski definition) is 2. The number of carbonyl (C=O) groups excluding carboxylic acids is 1. The van der Waals surface area contributed by atoms with Crippen LogP contribution in [0.1, 0.15) is 53.6 Å². The Bertz CT molecular complexity index is 446. The van der Waals surface area contributed by atoms with Crippen molar-refractivity contribution in [1.82, 2.24) is 0 Å². The molecule has 0 heterocycles. The molecule has 2 aliphatic rings. The summed E-state index contributed by atoms with van der Waals surface area (Å²) >= 11 is 1.87. The van der Waals surface area contributed by atoms with Crippen LogP contribution in [0.4, 0.5) is 0 Å². The molecule has 1 aromatic rings. The van der Waals surface area contributed by atoms with Crippen LogP contribution in [0.5, 0.6) is 0 Å². The molecule has 2 aliphatic carbocycles. The van der Waals surface area contributed by atoms with Crippen molar-refractivity contribution in [2.75, 3.05) is 5.75 Å². The predicted molar refractivity (Wildman–Crippen MR) is 77.5 cm³/mol. The van der Waals surface area contributed by atoms with Crippen molar-refractivity contribution in [3.05, 3.63) is 34.9 Å². The summed E-state index contributed by atoms with van der Waals surface area (Å²) in [5.41, 5.74) is 3.79. The fourth-order valence-corrected chi connectivity index (χ4v) is 4.30. The molecule has 0 bridgehead atoms. The number of Topliss-reactive ketones (excluding diaryl/α,β-unsaturated/α-hetero) is 1. The summed E-state index contributed by atoms with van der Waals surface area (Å²) in [5.74, 6) is 0.991. The Morgan fingerprint density at radius 1 is 1.11 bits per heavy atom. The van der Waals surface area contributed by atoms with E-state index in [0.717, 1.165) is 17.2 Å². The van der Waals surface area contributed by atoms with Crippen LogP contribution in [0.15, 0.2) is 18.2 Å². The third kappa shape index (κ3) is 2.64. The third-order valence-electron chi connectivity index (χ3n) is 4.17. The van der Waals surface area contributed by atoms with Gasteiger partial charge in [-0.3, -0.25) is 4.79 Å². The lowest BCUT2D eigenvalue weighted by molar-refractivity contribution is 0.102. The van der Waals surface area contributed by atoms with Crippen LogP contribution in [0.2, 0.25) is 0 Å². The molecule has 0 N–H and O–H groups in total. The zero-order valence-electron chi connectivity index (χ0n) is 10.8. The van der Waals surface area contributed by atoms with E-state index in [1.165, 1.54) is 49.7 Å². The first-order valence-electron chi connectivity index (χ1n) is 7.09. The van der Waals surface area contributed by atoms with Crippen LogP contribution in [0.25, 0.3) is 0 Å². The van der Waals surface area contributed by atoms with Gasteiger partial charge in [0, 0.05) is 10.8 Å². The van der Waals surface area contributed by atoms with E-state index in [0.29, 0.717) is 11.5 Å². The van der Waals surface area contributed by atoms with E-state index in [2.05, 4.69) is 12.1 Å². The minimum absolute atomic E-state index is 0.321. The van der Waals surface area contributed by atoms with Gasteiger partial charge in [0.1, 0.15) is 0 Å². The Morgan fingerprint density at radius 2 is 1.89 bits per heavy atom. The van der Waals surface area contributed by atoms with Gasteiger partial charge in [0.15, 0.2) is 5.78 Å². The van der Waals surface area contributed by atoms with Gasteiger partial charge < -0.3 is 0 Å². The molecular weight excluding hydrogens is 240 g/mol. The first-order chi connectivity index (χ1) is 8.83. The molecule has 18 heavy (non-hydrogen) atoms. The van der Waals surface area contributed by atoms with Crippen molar-refractivity contribution in [2.24, 2.45) is 0 Å². The monoisotopic (exact) mass is 260 g/mol. The largest absolute Gasteiger partial charge is 0.293 e. The van der Waals surface area contributed by atoms with Crippen LogP contribution >= 0.6 is 11.8 Å². The van der Waals surface area contributed by atoms with Gasteiger partial charge in [-0.1, -0.05) is 25.0 Å². The lowest BCUT2D eigenvalue weighted by Gasteiger charge is -2.08. The van der Waals surface area contributed by atoms with Gasteiger partial charge in [-0.05, 0) is 49.3 Å². The van der Waals surface area contributed by atoms with Gasteiger partial charge in [0.25, 0.3) is 0 Å². The molecule has 0 saturated heterocycles. The Labute approximate surface area is 113 Å². The highest BCUT2D eigenvalue weighted by Crippen LogP contribution is 2.30.